The topological polar surface area (TPSA) is 51.2 Å². The van der Waals surface area contributed by atoms with Crippen molar-refractivity contribution in [2.75, 3.05) is 0 Å². The Hall–Kier alpha value is -1.22. The molecule has 9 heavy (non-hydrogen) atoms. The first-order valence-corrected chi connectivity index (χ1v) is 2.76. The molecule has 0 amide bonds. The Kier molecular flexibility index (Phi) is 4.26. The smallest absolute Gasteiger partial charge is 0.298 e. The van der Waals surface area contributed by atoms with Crippen LogP contribution in [0.25, 0.3) is 5.01 Å². The maximum atomic E-state index is 9.43. The van der Waals surface area contributed by atoms with Gasteiger partial charge >= 0.3 is 0 Å². The summed E-state index contributed by atoms with van der Waals surface area (Å²) in [5.74, 6) is -0.000694. The van der Waals surface area contributed by atoms with Crippen LogP contribution in [-0.2, 0) is 0 Å². The highest BCUT2D eigenvalue weighted by Gasteiger charge is 1.98. The van der Waals surface area contributed by atoms with Crippen LogP contribution in [-0.4, -0.2) is 0 Å². The summed E-state index contributed by atoms with van der Waals surface area (Å²) in [5.41, 5.74) is 0. The predicted molar refractivity (Wildman–Crippen MR) is 34.6 cm³/mol. The van der Waals surface area contributed by atoms with Crippen molar-refractivity contribution in [2.45, 2.75) is 19.8 Å². The lowest BCUT2D eigenvalue weighted by atomic mass is 10.1. The first kappa shape index (κ1) is 7.78. The summed E-state index contributed by atoms with van der Waals surface area (Å²) in [5, 5.41) is 20.1. The van der Waals surface area contributed by atoms with Crippen molar-refractivity contribution in [2.24, 2.45) is 5.92 Å². The van der Waals surface area contributed by atoms with Crippen LogP contribution in [0.2, 0.25) is 0 Å². The molecule has 1 unspecified atom stereocenters. The van der Waals surface area contributed by atoms with Crippen molar-refractivity contribution in [3.8, 4) is 12.1 Å². The standard InChI is InChI=1S/C6H8N2O/c1-6(5-7)3-2-4-8-9/h6H,2-3H2,1H3. The molecule has 0 heterocycles. The Morgan fingerprint density at radius 3 is 2.89 bits per heavy atom. The fraction of sp³-hybridized carbons (Fsp3) is 0.667. The number of nitriles is 1. The van der Waals surface area contributed by atoms with Crippen molar-refractivity contribution in [1.29, 1.82) is 5.26 Å². The third kappa shape index (κ3) is 4.64. The Bertz CT molecular complexity index is 160. The molecule has 0 fully saturated rings. The van der Waals surface area contributed by atoms with Crippen LogP contribution in [0.4, 0.5) is 0 Å². The highest BCUT2D eigenvalue weighted by Crippen LogP contribution is 2.01. The van der Waals surface area contributed by atoms with E-state index in [2.05, 4.69) is 11.1 Å². The maximum absolute atomic E-state index is 9.43. The van der Waals surface area contributed by atoms with Gasteiger partial charge in [0.05, 0.1) is 12.5 Å². The van der Waals surface area contributed by atoms with Gasteiger partial charge in [-0.3, -0.25) is 0 Å². The van der Waals surface area contributed by atoms with Crippen LogP contribution >= 0.6 is 0 Å². The first-order chi connectivity index (χ1) is 4.31. The summed E-state index contributed by atoms with van der Waals surface area (Å²) in [4.78, 5) is 0. The number of hydrogen-bond donors (Lipinski definition) is 0. The van der Waals surface area contributed by atoms with E-state index in [1.54, 1.807) is 6.92 Å². The van der Waals surface area contributed by atoms with Crippen molar-refractivity contribution >= 4 is 0 Å². The molecular formula is C6H8N2O. The molecule has 0 aliphatic heterocycles. The van der Waals surface area contributed by atoms with Crippen LogP contribution in [0.1, 0.15) is 19.8 Å². The van der Waals surface area contributed by atoms with Gasteiger partial charge in [0, 0.05) is 10.9 Å². The van der Waals surface area contributed by atoms with Gasteiger partial charge in [0.1, 0.15) is 0 Å². The van der Waals surface area contributed by atoms with Crippen molar-refractivity contribution in [3.63, 3.8) is 0 Å². The van der Waals surface area contributed by atoms with Gasteiger partial charge in [-0.2, -0.15) is 5.26 Å². The number of nitrogens with zero attached hydrogens (tertiary/aromatic N) is 2. The molecule has 0 rings (SSSR count). The highest BCUT2D eigenvalue weighted by atomic mass is 16.4. The van der Waals surface area contributed by atoms with E-state index in [-0.39, 0.29) is 5.92 Å². The number of hydrogen-bond acceptors (Lipinski definition) is 2. The molecule has 1 atom stereocenters. The van der Waals surface area contributed by atoms with Gasteiger partial charge in [-0.25, -0.2) is 0 Å². The minimum atomic E-state index is -0.000694. The molecule has 0 saturated heterocycles. The van der Waals surface area contributed by atoms with Crippen LogP contribution in [0, 0.1) is 28.5 Å². The lowest BCUT2D eigenvalue weighted by molar-refractivity contribution is 0.678. The van der Waals surface area contributed by atoms with E-state index >= 15 is 0 Å². The first-order valence-electron chi connectivity index (χ1n) is 2.76. The number of rotatable bonds is 2. The minimum Gasteiger partial charge on any atom is -0.498 e. The lowest BCUT2D eigenvalue weighted by Gasteiger charge is -1.90. The van der Waals surface area contributed by atoms with Gasteiger partial charge in [-0.1, -0.05) is 0 Å². The zero-order valence-corrected chi connectivity index (χ0v) is 5.29. The molecule has 0 aromatic rings. The minimum absolute atomic E-state index is 0.000694. The third-order valence-corrected chi connectivity index (χ3v) is 0.974. The monoisotopic (exact) mass is 124 g/mol. The highest BCUT2D eigenvalue weighted by molar-refractivity contribution is 4.89. The summed E-state index contributed by atoms with van der Waals surface area (Å²) < 4.78 is 0. The molecule has 0 aromatic carbocycles. The van der Waals surface area contributed by atoms with Gasteiger partial charge in [-0.05, 0) is 13.3 Å². The second kappa shape index (κ2) is 4.93. The fourth-order valence-corrected chi connectivity index (χ4v) is 0.391. The van der Waals surface area contributed by atoms with Crippen LogP contribution in [0.3, 0.4) is 0 Å². The van der Waals surface area contributed by atoms with Crippen LogP contribution < -0.4 is 0 Å². The molecule has 0 N–H and O–H groups in total. The van der Waals surface area contributed by atoms with Crippen LogP contribution in [0.5, 0.6) is 0 Å². The summed E-state index contributed by atoms with van der Waals surface area (Å²) in [6, 6.07) is 4.27. The SMILES string of the molecule is CC(C#N)CCC#[N+][O-]. The lowest BCUT2D eigenvalue weighted by Crippen LogP contribution is -1.86. The average molecular weight is 124 g/mol. The summed E-state index contributed by atoms with van der Waals surface area (Å²) in [6.07, 6.45) is 1.15. The van der Waals surface area contributed by atoms with E-state index in [9.17, 15) is 5.21 Å². The molecule has 0 spiro atoms. The molecule has 0 aliphatic rings. The Morgan fingerprint density at radius 2 is 2.44 bits per heavy atom. The second-order valence-corrected chi connectivity index (χ2v) is 1.82. The molecule has 0 bridgehead atoms. The molecule has 48 valence electrons. The summed E-state index contributed by atoms with van der Waals surface area (Å²) >= 11 is 0. The Balaban J connectivity index is 3.26. The average Bonchev–Trinajstić information content (AvgIpc) is 1.89. The molecule has 0 aliphatic carbocycles. The van der Waals surface area contributed by atoms with E-state index in [1.807, 2.05) is 6.07 Å². The maximum Gasteiger partial charge on any atom is 0.298 e. The second-order valence-electron chi connectivity index (χ2n) is 1.82. The molecule has 0 saturated carbocycles. The van der Waals surface area contributed by atoms with Crippen molar-refractivity contribution in [3.05, 3.63) is 10.2 Å². The molecule has 0 aromatic heterocycles. The summed E-state index contributed by atoms with van der Waals surface area (Å²) in [7, 11) is 0. The molecular weight excluding hydrogens is 116 g/mol. The van der Waals surface area contributed by atoms with E-state index in [0.717, 1.165) is 0 Å². The molecule has 3 nitrogen and oxygen atoms in total. The van der Waals surface area contributed by atoms with E-state index in [4.69, 9.17) is 5.26 Å². The quantitative estimate of drug-likeness (QED) is 0.526. The van der Waals surface area contributed by atoms with Gasteiger partial charge in [-0.15, -0.1) is 0 Å². The van der Waals surface area contributed by atoms with Gasteiger partial charge in [0.15, 0.2) is 0 Å². The zero-order chi connectivity index (χ0) is 7.11. The van der Waals surface area contributed by atoms with E-state index in [0.29, 0.717) is 12.8 Å². The fourth-order valence-electron chi connectivity index (χ4n) is 0.391. The van der Waals surface area contributed by atoms with Gasteiger partial charge < -0.3 is 5.21 Å². The van der Waals surface area contributed by atoms with Gasteiger partial charge in [0.25, 0.3) is 6.07 Å². The van der Waals surface area contributed by atoms with E-state index in [1.165, 1.54) is 0 Å². The van der Waals surface area contributed by atoms with Crippen LogP contribution in [0.15, 0.2) is 0 Å². The summed E-state index contributed by atoms with van der Waals surface area (Å²) in [6.45, 7) is 1.80. The third-order valence-electron chi connectivity index (χ3n) is 0.974. The molecule has 3 heteroatoms. The molecule has 0 radical (unpaired) electrons. The Morgan fingerprint density at radius 1 is 1.78 bits per heavy atom. The van der Waals surface area contributed by atoms with Crippen molar-refractivity contribution < 1.29 is 0 Å². The largest absolute Gasteiger partial charge is 0.498 e. The normalized spacial score (nSPS) is 10.7. The predicted octanol–water partition coefficient (Wildman–Crippen LogP) is 1.76. The zero-order valence-electron chi connectivity index (χ0n) is 5.29. The van der Waals surface area contributed by atoms with Gasteiger partial charge in [0.2, 0.25) is 0 Å². The van der Waals surface area contributed by atoms with E-state index < -0.39 is 0 Å². The Labute approximate surface area is 54.3 Å². The van der Waals surface area contributed by atoms with Crippen molar-refractivity contribution in [1.82, 2.24) is 0 Å².